The lowest BCUT2D eigenvalue weighted by Gasteiger charge is -2.35. The molecule has 0 atom stereocenters. The van der Waals surface area contributed by atoms with E-state index < -0.39 is 0 Å². The molecular weight excluding hydrogens is 315 g/mol. The minimum Gasteiger partial charge on any atom is -0.490 e. The van der Waals surface area contributed by atoms with Gasteiger partial charge < -0.3 is 19.4 Å². The van der Waals surface area contributed by atoms with Crippen LogP contribution in [0, 0.1) is 17.2 Å². The van der Waals surface area contributed by atoms with E-state index in [0.717, 1.165) is 30.6 Å². The van der Waals surface area contributed by atoms with Gasteiger partial charge >= 0.3 is 7.12 Å². The van der Waals surface area contributed by atoms with E-state index in [1.807, 2.05) is 24.3 Å². The molecule has 1 aliphatic heterocycles. The van der Waals surface area contributed by atoms with Gasteiger partial charge in [-0.25, -0.2) is 0 Å². The Balaban J connectivity index is 1.49. The molecular formula is C19H27BN2O3. The van der Waals surface area contributed by atoms with Crippen LogP contribution >= 0.6 is 0 Å². The average Bonchev–Trinajstić information content (AvgIpc) is 2.73. The largest absolute Gasteiger partial charge is 0.494 e. The lowest BCUT2D eigenvalue weighted by Crippen LogP contribution is -2.41. The highest BCUT2D eigenvalue weighted by atomic mass is 16.7. The number of rotatable bonds is 6. The second-order valence-electron chi connectivity index (χ2n) is 8.02. The molecule has 0 spiro atoms. The van der Waals surface area contributed by atoms with Gasteiger partial charge in [0.2, 0.25) is 0 Å². The van der Waals surface area contributed by atoms with Crippen LogP contribution in [0.25, 0.3) is 0 Å². The van der Waals surface area contributed by atoms with Crippen LogP contribution in [0.15, 0.2) is 24.3 Å². The summed E-state index contributed by atoms with van der Waals surface area (Å²) in [6.07, 6.45) is 2.35. The first-order valence-electron chi connectivity index (χ1n) is 9.01. The zero-order valence-electron chi connectivity index (χ0n) is 15.5. The SMILES string of the molecule is CC1(C)OB(c2ccc(OC3CC(CNCC#N)C3)cc2)OC1(C)C. The van der Waals surface area contributed by atoms with Gasteiger partial charge in [0.15, 0.2) is 0 Å². The number of benzene rings is 1. The molecule has 3 rings (SSSR count). The summed E-state index contributed by atoms with van der Waals surface area (Å²) in [6, 6.07) is 10.1. The lowest BCUT2D eigenvalue weighted by atomic mass is 9.79. The Morgan fingerprint density at radius 2 is 1.76 bits per heavy atom. The minimum atomic E-state index is -0.335. The summed E-state index contributed by atoms with van der Waals surface area (Å²) in [5.74, 6) is 1.50. The summed E-state index contributed by atoms with van der Waals surface area (Å²) >= 11 is 0. The first-order valence-corrected chi connectivity index (χ1v) is 9.01. The zero-order valence-corrected chi connectivity index (χ0v) is 15.5. The van der Waals surface area contributed by atoms with Crippen molar-refractivity contribution >= 4 is 12.6 Å². The molecule has 2 aliphatic rings. The van der Waals surface area contributed by atoms with E-state index in [-0.39, 0.29) is 24.4 Å². The van der Waals surface area contributed by atoms with E-state index in [1.165, 1.54) is 0 Å². The van der Waals surface area contributed by atoms with Crippen molar-refractivity contribution in [2.24, 2.45) is 5.92 Å². The lowest BCUT2D eigenvalue weighted by molar-refractivity contribution is 0.00578. The first-order chi connectivity index (χ1) is 11.8. The molecule has 1 aromatic carbocycles. The van der Waals surface area contributed by atoms with Crippen molar-refractivity contribution in [3.05, 3.63) is 24.3 Å². The number of hydrogen-bond acceptors (Lipinski definition) is 5. The van der Waals surface area contributed by atoms with Crippen molar-refractivity contribution in [2.75, 3.05) is 13.1 Å². The Morgan fingerprint density at radius 3 is 2.32 bits per heavy atom. The van der Waals surface area contributed by atoms with E-state index in [1.54, 1.807) is 0 Å². The molecule has 0 aromatic heterocycles. The van der Waals surface area contributed by atoms with Gasteiger partial charge in [0.05, 0.1) is 29.9 Å². The minimum absolute atomic E-state index is 0.275. The van der Waals surface area contributed by atoms with E-state index in [4.69, 9.17) is 19.3 Å². The molecule has 25 heavy (non-hydrogen) atoms. The quantitative estimate of drug-likeness (QED) is 0.488. The van der Waals surface area contributed by atoms with Crippen LogP contribution in [-0.2, 0) is 9.31 Å². The summed E-state index contributed by atoms with van der Waals surface area (Å²) < 4.78 is 18.2. The summed E-state index contributed by atoms with van der Waals surface area (Å²) in [6.45, 7) is 9.55. The van der Waals surface area contributed by atoms with Gasteiger partial charge in [0.25, 0.3) is 0 Å². The Kier molecular flexibility index (Phi) is 5.10. The number of nitrogens with zero attached hydrogens (tertiary/aromatic N) is 1. The van der Waals surface area contributed by atoms with E-state index in [2.05, 4.69) is 39.1 Å². The molecule has 1 N–H and O–H groups in total. The molecule has 0 radical (unpaired) electrons. The van der Waals surface area contributed by atoms with Crippen LogP contribution in [-0.4, -0.2) is 37.5 Å². The van der Waals surface area contributed by atoms with Crippen LogP contribution in [0.3, 0.4) is 0 Å². The highest BCUT2D eigenvalue weighted by Crippen LogP contribution is 2.36. The van der Waals surface area contributed by atoms with E-state index in [0.29, 0.717) is 12.5 Å². The van der Waals surface area contributed by atoms with Crippen molar-refractivity contribution in [1.82, 2.24) is 5.32 Å². The van der Waals surface area contributed by atoms with Gasteiger partial charge in [0.1, 0.15) is 5.75 Å². The van der Waals surface area contributed by atoms with Crippen LogP contribution in [0.1, 0.15) is 40.5 Å². The van der Waals surface area contributed by atoms with Crippen LogP contribution in [0.2, 0.25) is 0 Å². The predicted octanol–water partition coefficient (Wildman–Crippen LogP) is 2.26. The molecule has 5 nitrogen and oxygen atoms in total. The highest BCUT2D eigenvalue weighted by molar-refractivity contribution is 6.62. The standard InChI is InChI=1S/C19H27BN2O3/c1-18(2)19(3,4)25-20(24-18)15-5-7-16(8-6-15)23-17-11-14(12-17)13-22-10-9-21/h5-8,14,17,22H,10-13H2,1-4H3. The fraction of sp³-hybridized carbons (Fsp3) is 0.632. The highest BCUT2D eigenvalue weighted by Gasteiger charge is 2.51. The van der Waals surface area contributed by atoms with Gasteiger partial charge in [-0.2, -0.15) is 5.26 Å². The molecule has 2 fully saturated rings. The molecule has 6 heteroatoms. The molecule has 0 unspecified atom stereocenters. The Bertz CT molecular complexity index is 617. The first kappa shape index (κ1) is 18.3. The second kappa shape index (κ2) is 6.99. The Morgan fingerprint density at radius 1 is 1.16 bits per heavy atom. The normalized spacial score (nSPS) is 26.8. The predicted molar refractivity (Wildman–Crippen MR) is 97.8 cm³/mol. The molecule has 1 aliphatic carbocycles. The van der Waals surface area contributed by atoms with Crippen molar-refractivity contribution in [2.45, 2.75) is 57.8 Å². The maximum Gasteiger partial charge on any atom is 0.494 e. The van der Waals surface area contributed by atoms with Gasteiger partial charge in [-0.1, -0.05) is 12.1 Å². The number of ether oxygens (including phenoxy) is 1. The van der Waals surface area contributed by atoms with Gasteiger partial charge in [-0.15, -0.1) is 0 Å². The third-order valence-corrected chi connectivity index (χ3v) is 5.54. The molecule has 1 heterocycles. The van der Waals surface area contributed by atoms with Crippen LogP contribution < -0.4 is 15.5 Å². The molecule has 0 amide bonds. The maximum atomic E-state index is 8.52. The third kappa shape index (κ3) is 4.00. The average molecular weight is 342 g/mol. The van der Waals surface area contributed by atoms with E-state index in [9.17, 15) is 0 Å². The summed E-state index contributed by atoms with van der Waals surface area (Å²) in [7, 11) is -0.335. The zero-order chi connectivity index (χ0) is 18.1. The monoisotopic (exact) mass is 342 g/mol. The Hall–Kier alpha value is -1.55. The molecule has 1 saturated heterocycles. The Labute approximate surface area is 150 Å². The molecule has 134 valence electrons. The number of nitriles is 1. The third-order valence-electron chi connectivity index (χ3n) is 5.54. The topological polar surface area (TPSA) is 63.5 Å². The van der Waals surface area contributed by atoms with Crippen molar-refractivity contribution in [3.8, 4) is 11.8 Å². The maximum absolute atomic E-state index is 8.52. The van der Waals surface area contributed by atoms with Gasteiger partial charge in [-0.05, 0) is 70.6 Å². The number of nitrogens with one attached hydrogen (secondary N) is 1. The van der Waals surface area contributed by atoms with Crippen molar-refractivity contribution in [3.63, 3.8) is 0 Å². The second-order valence-corrected chi connectivity index (χ2v) is 8.02. The van der Waals surface area contributed by atoms with Gasteiger partial charge in [0, 0.05) is 0 Å². The number of hydrogen-bond donors (Lipinski definition) is 1. The van der Waals surface area contributed by atoms with Crippen LogP contribution in [0.5, 0.6) is 5.75 Å². The fourth-order valence-electron chi connectivity index (χ4n) is 3.14. The van der Waals surface area contributed by atoms with Gasteiger partial charge in [-0.3, -0.25) is 0 Å². The smallest absolute Gasteiger partial charge is 0.490 e. The summed E-state index contributed by atoms with van der Waals surface area (Å²) in [4.78, 5) is 0. The van der Waals surface area contributed by atoms with Crippen molar-refractivity contribution in [1.29, 1.82) is 5.26 Å². The van der Waals surface area contributed by atoms with Crippen molar-refractivity contribution < 1.29 is 14.0 Å². The molecule has 1 aromatic rings. The molecule has 1 saturated carbocycles. The van der Waals surface area contributed by atoms with E-state index >= 15 is 0 Å². The van der Waals surface area contributed by atoms with Crippen LogP contribution in [0.4, 0.5) is 0 Å². The summed E-state index contributed by atoms with van der Waals surface area (Å²) in [5.41, 5.74) is 0.360. The molecule has 0 bridgehead atoms. The fourth-order valence-corrected chi connectivity index (χ4v) is 3.14. The summed E-state index contributed by atoms with van der Waals surface area (Å²) in [5, 5.41) is 11.6.